The first kappa shape index (κ1) is 31.4. The van der Waals surface area contributed by atoms with Gasteiger partial charge in [0, 0.05) is 38.8 Å². The number of azide groups is 1. The van der Waals surface area contributed by atoms with Crippen LogP contribution in [0.2, 0.25) is 0 Å². The summed E-state index contributed by atoms with van der Waals surface area (Å²) >= 11 is 0. The summed E-state index contributed by atoms with van der Waals surface area (Å²) in [5.41, 5.74) is 38.2. The minimum atomic E-state index is 0. The van der Waals surface area contributed by atoms with Crippen molar-refractivity contribution in [3.63, 3.8) is 0 Å². The number of rotatable bonds is 5. The topological polar surface area (TPSA) is 188 Å². The smallest absolute Gasteiger partial charge is 0.113 e. The molecule has 1 aliphatic rings. The van der Waals surface area contributed by atoms with Crippen LogP contribution in [0.3, 0.4) is 0 Å². The first-order valence-corrected chi connectivity index (χ1v) is 14.7. The molecule has 8 rings (SSSR count). The van der Waals surface area contributed by atoms with Gasteiger partial charge in [0.2, 0.25) is 0 Å². The number of fused-ring (bicyclic) bond motifs is 3. The van der Waals surface area contributed by atoms with E-state index in [9.17, 15) is 0 Å². The molecule has 12 nitrogen and oxygen atoms in total. The number of aromatic nitrogens is 6. The van der Waals surface area contributed by atoms with Gasteiger partial charge in [-0.1, -0.05) is 51.9 Å². The van der Waals surface area contributed by atoms with E-state index >= 15 is 0 Å². The molecule has 0 bridgehead atoms. The van der Waals surface area contributed by atoms with Crippen molar-refractivity contribution in [1.29, 1.82) is 0 Å². The largest absolute Gasteiger partial charge is 0.399 e. The van der Waals surface area contributed by atoms with Crippen molar-refractivity contribution in [2.24, 2.45) is 5.11 Å². The number of halogens is 1. The van der Waals surface area contributed by atoms with Crippen molar-refractivity contribution in [2.75, 3.05) is 17.2 Å². The quantitative estimate of drug-likeness (QED) is 0.0740. The van der Waals surface area contributed by atoms with E-state index in [2.05, 4.69) is 67.0 Å². The predicted molar refractivity (Wildman–Crippen MR) is 191 cm³/mol. The molecule has 0 atom stereocenters. The molecule has 48 heavy (non-hydrogen) atoms. The van der Waals surface area contributed by atoms with Gasteiger partial charge in [0.25, 0.3) is 0 Å². The lowest BCUT2D eigenvalue weighted by Gasteiger charge is -2.05. The Morgan fingerprint density at radius 2 is 1.00 bits per heavy atom. The van der Waals surface area contributed by atoms with Gasteiger partial charge in [-0.25, -0.2) is 9.36 Å². The zero-order valence-electron chi connectivity index (χ0n) is 25.4. The Balaban J connectivity index is 0.000000316. The van der Waals surface area contributed by atoms with Crippen molar-refractivity contribution in [3.8, 4) is 45.0 Å². The molecule has 5 aromatic carbocycles. The van der Waals surface area contributed by atoms with Gasteiger partial charge >= 0.3 is 0 Å². The minimum Gasteiger partial charge on any atom is -0.399 e. The molecule has 0 saturated heterocycles. The van der Waals surface area contributed by atoms with Crippen LogP contribution >= 0.6 is 12.4 Å². The van der Waals surface area contributed by atoms with Crippen LogP contribution in [0.1, 0.15) is 11.1 Å². The molecular formula is C35H29ClN12. The summed E-state index contributed by atoms with van der Waals surface area (Å²) in [5.74, 6) is 0. The Hall–Kier alpha value is -6.62. The number of nitrogen functional groups attached to an aromatic ring is 3. The fraction of sp³-hybridized carbons (Fsp3) is 0.0286. The minimum absolute atomic E-state index is 0. The number of anilines is 3. The Bertz CT molecular complexity index is 2120. The van der Waals surface area contributed by atoms with Gasteiger partial charge in [0.15, 0.2) is 0 Å². The number of benzene rings is 5. The van der Waals surface area contributed by atoms with Gasteiger partial charge in [-0.15, -0.1) is 22.6 Å². The third kappa shape index (κ3) is 6.51. The molecule has 2 heterocycles. The van der Waals surface area contributed by atoms with Gasteiger partial charge in [-0.3, -0.25) is 0 Å². The molecule has 0 aliphatic heterocycles. The Morgan fingerprint density at radius 1 is 0.583 bits per heavy atom. The number of hydrogen-bond acceptors (Lipinski definition) is 8. The summed E-state index contributed by atoms with van der Waals surface area (Å²) in [6, 6.07) is 34.8. The summed E-state index contributed by atoms with van der Waals surface area (Å²) in [6.45, 7) is 0. The number of nitrogens with two attached hydrogens (primary N) is 3. The average Bonchev–Trinajstić information content (AvgIpc) is 3.86. The van der Waals surface area contributed by atoms with Crippen molar-refractivity contribution in [1.82, 2.24) is 30.0 Å². The SMILES string of the molecule is Cl.Nc1ccc(-n2cc(-c3ccc4c(c3)-c3cc(-c5cn(-c6ccc(N)cc6)nn5)ccc3C4)nn2)cc1.[N-]=[N+]=Nc1ccc(N)cc1. The molecule has 0 spiro atoms. The lowest BCUT2D eigenvalue weighted by atomic mass is 9.99. The zero-order chi connectivity index (χ0) is 32.3. The Labute approximate surface area is 281 Å². The van der Waals surface area contributed by atoms with Crippen molar-refractivity contribution < 1.29 is 0 Å². The summed E-state index contributed by atoms with van der Waals surface area (Å²) in [6.07, 6.45) is 4.78. The van der Waals surface area contributed by atoms with Crippen LogP contribution in [0.15, 0.2) is 127 Å². The second kappa shape index (κ2) is 13.4. The Morgan fingerprint density at radius 3 is 1.42 bits per heavy atom. The monoisotopic (exact) mass is 652 g/mol. The molecule has 6 N–H and O–H groups in total. The van der Waals surface area contributed by atoms with Crippen LogP contribution < -0.4 is 17.2 Å². The average molecular weight is 653 g/mol. The van der Waals surface area contributed by atoms with Gasteiger partial charge in [0.1, 0.15) is 11.4 Å². The van der Waals surface area contributed by atoms with Gasteiger partial charge < -0.3 is 17.2 Å². The predicted octanol–water partition coefficient (Wildman–Crippen LogP) is 7.55. The lowest BCUT2D eigenvalue weighted by molar-refractivity contribution is 0.804. The molecule has 7 aromatic rings. The molecule has 0 unspecified atom stereocenters. The highest BCUT2D eigenvalue weighted by Gasteiger charge is 2.21. The highest BCUT2D eigenvalue weighted by molar-refractivity contribution is 5.85. The molecule has 2 aromatic heterocycles. The maximum absolute atomic E-state index is 8.02. The summed E-state index contributed by atoms with van der Waals surface area (Å²) < 4.78 is 3.52. The summed E-state index contributed by atoms with van der Waals surface area (Å²) in [4.78, 5) is 2.62. The zero-order valence-corrected chi connectivity index (χ0v) is 26.2. The normalized spacial score (nSPS) is 10.9. The summed E-state index contributed by atoms with van der Waals surface area (Å²) in [5, 5.41) is 20.9. The van der Waals surface area contributed by atoms with Crippen molar-refractivity contribution in [2.45, 2.75) is 6.42 Å². The van der Waals surface area contributed by atoms with Crippen LogP contribution in [-0.2, 0) is 6.42 Å². The second-order valence-corrected chi connectivity index (χ2v) is 11.0. The summed E-state index contributed by atoms with van der Waals surface area (Å²) in [7, 11) is 0. The molecular weight excluding hydrogens is 624 g/mol. The van der Waals surface area contributed by atoms with Crippen LogP contribution in [0.25, 0.3) is 55.5 Å². The van der Waals surface area contributed by atoms with Crippen molar-refractivity contribution in [3.05, 3.63) is 143 Å². The van der Waals surface area contributed by atoms with Gasteiger partial charge in [-0.05, 0) is 107 Å². The first-order valence-electron chi connectivity index (χ1n) is 14.7. The number of nitrogens with zero attached hydrogens (tertiary/aromatic N) is 9. The van der Waals surface area contributed by atoms with Crippen LogP contribution in [-0.4, -0.2) is 30.0 Å². The molecule has 0 amide bonds. The molecule has 13 heteroatoms. The van der Waals surface area contributed by atoms with E-state index in [0.29, 0.717) is 22.7 Å². The molecule has 0 saturated carbocycles. The molecule has 0 fully saturated rings. The van der Waals surface area contributed by atoms with Crippen molar-refractivity contribution >= 4 is 35.2 Å². The maximum Gasteiger partial charge on any atom is 0.113 e. The molecule has 0 radical (unpaired) electrons. The fourth-order valence-electron chi connectivity index (χ4n) is 5.38. The fourth-order valence-corrected chi connectivity index (χ4v) is 5.38. The van der Waals surface area contributed by atoms with E-state index < -0.39 is 0 Å². The van der Waals surface area contributed by atoms with E-state index in [4.69, 9.17) is 22.7 Å². The third-order valence-corrected chi connectivity index (χ3v) is 7.84. The highest BCUT2D eigenvalue weighted by Crippen LogP contribution is 2.40. The highest BCUT2D eigenvalue weighted by atomic mass is 35.5. The van der Waals surface area contributed by atoms with Crippen LogP contribution in [0.4, 0.5) is 22.7 Å². The van der Waals surface area contributed by atoms with Crippen LogP contribution in [0.5, 0.6) is 0 Å². The van der Waals surface area contributed by atoms with E-state index in [-0.39, 0.29) is 12.4 Å². The molecule has 1 aliphatic carbocycles. The second-order valence-electron chi connectivity index (χ2n) is 11.0. The van der Waals surface area contributed by atoms with Gasteiger partial charge in [0.05, 0.1) is 23.8 Å². The van der Waals surface area contributed by atoms with Gasteiger partial charge in [-0.2, -0.15) is 0 Å². The third-order valence-electron chi connectivity index (χ3n) is 7.84. The Kier molecular flexibility index (Phi) is 8.75. The number of hydrogen-bond donors (Lipinski definition) is 3. The first-order chi connectivity index (χ1) is 22.9. The van der Waals surface area contributed by atoms with Crippen LogP contribution in [0, 0.1) is 0 Å². The van der Waals surface area contributed by atoms with E-state index in [0.717, 1.165) is 40.3 Å². The standard InChI is InChI=1S/C29H22N8.C6H6N4.ClH/c30-22-5-9-24(10-6-22)36-16-28(32-34-36)20-3-1-18-13-19-2-4-21(15-27(19)26(18)14-20)29-17-37(35-33-29)25-11-7-23(31)8-12-25;7-5-1-3-6(4-2-5)9-10-8;/h1-12,14-17H,13,30-31H2;1-4H,7H2;1H. The van der Waals surface area contributed by atoms with E-state index in [1.165, 1.54) is 22.3 Å². The van der Waals surface area contributed by atoms with E-state index in [1.54, 1.807) is 33.6 Å². The molecule has 236 valence electrons. The van der Waals surface area contributed by atoms with E-state index in [1.807, 2.05) is 60.9 Å². The lowest BCUT2D eigenvalue weighted by Crippen LogP contribution is -1.95. The maximum atomic E-state index is 8.02.